The molecule has 1 heterocycles. The third kappa shape index (κ3) is 3.07. The van der Waals surface area contributed by atoms with E-state index < -0.39 is 0 Å². The lowest BCUT2D eigenvalue weighted by atomic mass is 10.1. The first-order valence-corrected chi connectivity index (χ1v) is 5.98. The molecule has 0 unspecified atom stereocenters. The molecule has 3 N–H and O–H groups in total. The molecule has 0 atom stereocenters. The second kappa shape index (κ2) is 5.48. The molecule has 0 saturated carbocycles. The van der Waals surface area contributed by atoms with Crippen molar-refractivity contribution in [3.63, 3.8) is 0 Å². The molecule has 0 aliphatic carbocycles. The van der Waals surface area contributed by atoms with Crippen LogP contribution in [0.2, 0.25) is 0 Å². The zero-order valence-corrected chi connectivity index (χ0v) is 11.0. The van der Waals surface area contributed by atoms with E-state index in [1.165, 1.54) is 0 Å². The second-order valence-corrected chi connectivity index (χ2v) is 4.37. The summed E-state index contributed by atoms with van der Waals surface area (Å²) in [5, 5.41) is 2.78. The molecule has 0 aliphatic rings. The lowest BCUT2D eigenvalue weighted by Crippen LogP contribution is -2.24. The van der Waals surface area contributed by atoms with Crippen LogP contribution in [0.15, 0.2) is 30.6 Å². The van der Waals surface area contributed by atoms with Gasteiger partial charge in [-0.2, -0.15) is 0 Å². The van der Waals surface area contributed by atoms with Crippen LogP contribution in [-0.2, 0) is 6.54 Å². The number of aromatic nitrogens is 2. The molecule has 1 aromatic heterocycles. The van der Waals surface area contributed by atoms with Crippen molar-refractivity contribution in [1.82, 2.24) is 15.3 Å². The number of aryl methyl sites for hydroxylation is 2. The fraction of sp³-hybridized carbons (Fsp3) is 0.214. The molecular weight excluding hydrogens is 240 g/mol. The van der Waals surface area contributed by atoms with Gasteiger partial charge in [0, 0.05) is 11.9 Å². The molecule has 2 rings (SSSR count). The van der Waals surface area contributed by atoms with Crippen molar-refractivity contribution in [3.05, 3.63) is 53.1 Å². The molecule has 5 heteroatoms. The van der Waals surface area contributed by atoms with Crippen LogP contribution in [0.25, 0.3) is 0 Å². The summed E-state index contributed by atoms with van der Waals surface area (Å²) in [6, 6.07) is 5.39. The summed E-state index contributed by atoms with van der Waals surface area (Å²) in [5.74, 6) is -0.205. The highest BCUT2D eigenvalue weighted by atomic mass is 16.1. The number of nitrogen functional groups attached to an aromatic ring is 1. The Morgan fingerprint density at radius 1 is 1.26 bits per heavy atom. The number of rotatable bonds is 3. The van der Waals surface area contributed by atoms with Gasteiger partial charge in [0.25, 0.3) is 5.91 Å². The smallest absolute Gasteiger partial charge is 0.253 e. The van der Waals surface area contributed by atoms with Crippen molar-refractivity contribution in [2.75, 3.05) is 5.73 Å². The third-order valence-corrected chi connectivity index (χ3v) is 2.83. The number of nitrogens with two attached hydrogens (primary N) is 1. The number of para-hydroxylation sites is 1. The Morgan fingerprint density at radius 2 is 2.05 bits per heavy atom. The van der Waals surface area contributed by atoms with E-state index in [-0.39, 0.29) is 5.91 Å². The van der Waals surface area contributed by atoms with Gasteiger partial charge in [0.2, 0.25) is 0 Å². The van der Waals surface area contributed by atoms with Crippen LogP contribution in [0.3, 0.4) is 0 Å². The highest BCUT2D eigenvalue weighted by Crippen LogP contribution is 2.16. The topological polar surface area (TPSA) is 80.9 Å². The summed E-state index contributed by atoms with van der Waals surface area (Å²) in [6.07, 6.45) is 3.32. The van der Waals surface area contributed by atoms with Gasteiger partial charge in [0.05, 0.1) is 29.7 Å². The Hall–Kier alpha value is -2.43. The minimum absolute atomic E-state index is 0.205. The van der Waals surface area contributed by atoms with Gasteiger partial charge >= 0.3 is 0 Å². The van der Waals surface area contributed by atoms with Crippen LogP contribution in [0.4, 0.5) is 5.69 Å². The monoisotopic (exact) mass is 256 g/mol. The van der Waals surface area contributed by atoms with E-state index in [9.17, 15) is 4.79 Å². The minimum atomic E-state index is -0.205. The van der Waals surface area contributed by atoms with Crippen LogP contribution < -0.4 is 11.1 Å². The first-order chi connectivity index (χ1) is 9.08. The fourth-order valence-electron chi connectivity index (χ4n) is 1.66. The molecule has 5 nitrogen and oxygen atoms in total. The lowest BCUT2D eigenvalue weighted by molar-refractivity contribution is 0.0951. The number of anilines is 1. The number of benzene rings is 1. The van der Waals surface area contributed by atoms with E-state index in [0.29, 0.717) is 23.5 Å². The number of nitrogens with zero attached hydrogens (tertiary/aromatic N) is 2. The van der Waals surface area contributed by atoms with Crippen molar-refractivity contribution in [3.8, 4) is 0 Å². The van der Waals surface area contributed by atoms with E-state index in [0.717, 1.165) is 11.3 Å². The molecule has 1 amide bonds. The zero-order valence-electron chi connectivity index (χ0n) is 11.0. The Bertz CT molecular complexity index is 593. The van der Waals surface area contributed by atoms with Gasteiger partial charge in [-0.05, 0) is 25.5 Å². The van der Waals surface area contributed by atoms with Gasteiger partial charge < -0.3 is 11.1 Å². The van der Waals surface area contributed by atoms with Crippen molar-refractivity contribution >= 4 is 11.6 Å². The van der Waals surface area contributed by atoms with E-state index in [1.807, 2.05) is 26.0 Å². The molecule has 0 saturated heterocycles. The van der Waals surface area contributed by atoms with Gasteiger partial charge in [-0.1, -0.05) is 12.1 Å². The number of amides is 1. The molecule has 0 fully saturated rings. The minimum Gasteiger partial charge on any atom is -0.398 e. The average molecular weight is 256 g/mol. The summed E-state index contributed by atoms with van der Waals surface area (Å²) in [4.78, 5) is 20.3. The maximum atomic E-state index is 12.0. The van der Waals surface area contributed by atoms with E-state index in [1.54, 1.807) is 18.5 Å². The van der Waals surface area contributed by atoms with Gasteiger partial charge in [0.15, 0.2) is 0 Å². The SMILES string of the molecule is Cc1cnc(CNC(=O)c2cccc(C)c2N)cn1. The van der Waals surface area contributed by atoms with Gasteiger partial charge in [0.1, 0.15) is 0 Å². The van der Waals surface area contributed by atoms with E-state index in [2.05, 4.69) is 15.3 Å². The van der Waals surface area contributed by atoms with Crippen LogP contribution in [0.5, 0.6) is 0 Å². The van der Waals surface area contributed by atoms with Crippen LogP contribution in [0.1, 0.15) is 27.3 Å². The number of nitrogens with one attached hydrogen (secondary N) is 1. The van der Waals surface area contributed by atoms with E-state index in [4.69, 9.17) is 5.73 Å². The molecule has 0 bridgehead atoms. The number of carbonyl (C=O) groups excluding carboxylic acids is 1. The zero-order chi connectivity index (χ0) is 13.8. The van der Waals surface area contributed by atoms with Crippen LogP contribution in [0, 0.1) is 13.8 Å². The Labute approximate surface area is 111 Å². The van der Waals surface area contributed by atoms with Crippen LogP contribution in [-0.4, -0.2) is 15.9 Å². The van der Waals surface area contributed by atoms with Crippen molar-refractivity contribution in [2.45, 2.75) is 20.4 Å². The second-order valence-electron chi connectivity index (χ2n) is 4.37. The van der Waals surface area contributed by atoms with Gasteiger partial charge in [-0.3, -0.25) is 14.8 Å². The Morgan fingerprint density at radius 3 is 2.74 bits per heavy atom. The van der Waals surface area contributed by atoms with Crippen molar-refractivity contribution in [2.24, 2.45) is 0 Å². The average Bonchev–Trinajstić information content (AvgIpc) is 2.41. The summed E-state index contributed by atoms with van der Waals surface area (Å²) in [5.41, 5.74) is 9.33. The highest BCUT2D eigenvalue weighted by Gasteiger charge is 2.10. The maximum Gasteiger partial charge on any atom is 0.253 e. The predicted octanol–water partition coefficient (Wildman–Crippen LogP) is 1.61. The summed E-state index contributed by atoms with van der Waals surface area (Å²) < 4.78 is 0. The largest absolute Gasteiger partial charge is 0.398 e. The molecule has 0 aliphatic heterocycles. The lowest BCUT2D eigenvalue weighted by Gasteiger charge is -2.08. The summed E-state index contributed by atoms with van der Waals surface area (Å²) in [6.45, 7) is 4.07. The van der Waals surface area contributed by atoms with E-state index >= 15 is 0 Å². The molecular formula is C14H16N4O. The Kier molecular flexibility index (Phi) is 3.75. The van der Waals surface area contributed by atoms with Crippen molar-refractivity contribution < 1.29 is 4.79 Å². The number of hydrogen-bond acceptors (Lipinski definition) is 4. The summed E-state index contributed by atoms with van der Waals surface area (Å²) in [7, 11) is 0. The van der Waals surface area contributed by atoms with Gasteiger partial charge in [-0.25, -0.2) is 0 Å². The first-order valence-electron chi connectivity index (χ1n) is 5.98. The molecule has 2 aromatic rings. The quantitative estimate of drug-likeness (QED) is 0.817. The first kappa shape index (κ1) is 13.0. The van der Waals surface area contributed by atoms with Crippen molar-refractivity contribution in [1.29, 1.82) is 0 Å². The summed E-state index contributed by atoms with van der Waals surface area (Å²) >= 11 is 0. The fourth-order valence-corrected chi connectivity index (χ4v) is 1.66. The standard InChI is InChI=1S/C14H16N4O/c1-9-4-3-5-12(13(9)15)14(19)18-8-11-7-16-10(2)6-17-11/h3-7H,8,15H2,1-2H3,(H,18,19). The maximum absolute atomic E-state index is 12.0. The molecule has 0 radical (unpaired) electrons. The Balaban J connectivity index is 2.05. The highest BCUT2D eigenvalue weighted by molar-refractivity contribution is 5.99. The number of carbonyl (C=O) groups is 1. The molecule has 1 aromatic carbocycles. The molecule has 19 heavy (non-hydrogen) atoms. The third-order valence-electron chi connectivity index (χ3n) is 2.83. The molecule has 0 spiro atoms. The number of hydrogen-bond donors (Lipinski definition) is 2. The molecule has 98 valence electrons. The normalized spacial score (nSPS) is 10.2. The van der Waals surface area contributed by atoms with Gasteiger partial charge in [-0.15, -0.1) is 0 Å². The predicted molar refractivity (Wildman–Crippen MR) is 73.5 cm³/mol. The van der Waals surface area contributed by atoms with Crippen LogP contribution >= 0.6 is 0 Å².